The van der Waals surface area contributed by atoms with Crippen molar-refractivity contribution in [2.75, 3.05) is 13.2 Å². The van der Waals surface area contributed by atoms with Gasteiger partial charge in [-0.2, -0.15) is 0 Å². The molecule has 0 aromatic carbocycles. The Kier molecular flexibility index (Phi) is 8.72. The second kappa shape index (κ2) is 12.1. The van der Waals surface area contributed by atoms with Gasteiger partial charge in [0.05, 0.1) is 41.5 Å². The molecule has 0 amide bonds. The normalized spacial score (nSPS) is 54.6. The van der Waals surface area contributed by atoms with E-state index in [1.165, 1.54) is 0 Å². The molecule has 7 aliphatic rings. The molecule has 3 heterocycles. The van der Waals surface area contributed by atoms with Crippen LogP contribution in [0.4, 0.5) is 0 Å². The van der Waals surface area contributed by atoms with Crippen LogP contribution >= 0.6 is 0 Å². The van der Waals surface area contributed by atoms with Crippen LogP contribution < -0.4 is 0 Å². The van der Waals surface area contributed by atoms with Crippen LogP contribution in [0, 0.1) is 28.6 Å². The van der Waals surface area contributed by atoms with Gasteiger partial charge >= 0.3 is 5.97 Å². The van der Waals surface area contributed by atoms with E-state index < -0.39 is 77.3 Å². The predicted octanol–water partition coefficient (Wildman–Crippen LogP) is 0.243. The maximum atomic E-state index is 13.1. The maximum Gasteiger partial charge on any atom is 0.331 e. The molecule has 4 saturated carbocycles. The number of fused-ring (bicyclic) bond motifs is 5. The number of esters is 1. The van der Waals surface area contributed by atoms with Gasteiger partial charge in [0.15, 0.2) is 12.6 Å². The average molecular weight is 667 g/mol. The van der Waals surface area contributed by atoms with Gasteiger partial charge in [-0.15, -0.1) is 0 Å². The first-order valence-corrected chi connectivity index (χ1v) is 17.3. The average Bonchev–Trinajstić information content (AvgIpc) is 3.57. The van der Waals surface area contributed by atoms with Crippen LogP contribution in [0.25, 0.3) is 0 Å². The van der Waals surface area contributed by atoms with Gasteiger partial charge in [-0.1, -0.05) is 6.92 Å². The summed E-state index contributed by atoms with van der Waals surface area (Å²) in [7, 11) is 0. The summed E-state index contributed by atoms with van der Waals surface area (Å²) in [4.78, 5) is 25.0. The topological polar surface area (TPSA) is 202 Å². The number of cyclic esters (lactones) is 1. The fourth-order valence-electron chi connectivity index (χ4n) is 11.0. The Morgan fingerprint density at radius 2 is 1.70 bits per heavy atom. The third-order valence-corrected chi connectivity index (χ3v) is 13.6. The molecule has 0 radical (unpaired) electrons. The van der Waals surface area contributed by atoms with Crippen molar-refractivity contribution < 1.29 is 63.9 Å². The molecule has 264 valence electrons. The van der Waals surface area contributed by atoms with E-state index >= 15 is 0 Å². The Labute approximate surface area is 274 Å². The summed E-state index contributed by atoms with van der Waals surface area (Å²) in [5.41, 5.74) is -2.86. The first-order valence-electron chi connectivity index (χ1n) is 17.3. The molecule has 6 N–H and O–H groups in total. The highest BCUT2D eigenvalue weighted by Crippen LogP contribution is 2.70. The van der Waals surface area contributed by atoms with E-state index in [0.29, 0.717) is 44.9 Å². The number of carbonyl (C=O) groups excluding carboxylic acids is 2. The summed E-state index contributed by atoms with van der Waals surface area (Å²) >= 11 is 0. The van der Waals surface area contributed by atoms with E-state index in [4.69, 9.17) is 23.7 Å². The molecule has 2 saturated heterocycles. The van der Waals surface area contributed by atoms with E-state index in [0.717, 1.165) is 18.3 Å². The Hall–Kier alpha value is -1.52. The first-order chi connectivity index (χ1) is 22.2. The lowest BCUT2D eigenvalue weighted by Gasteiger charge is -2.65. The molecular formula is C34H50O13. The predicted molar refractivity (Wildman–Crippen MR) is 160 cm³/mol. The van der Waals surface area contributed by atoms with Crippen molar-refractivity contribution in [3.8, 4) is 0 Å². The SMILES string of the molecule is CC1OC(OC2CC[C@]3(C=O)C4CC[C@]5(C)C(C6=CC(=O)OC6)CCC5(O)C4CCC3(O)C2)CC(O)[C@H]1OC1OCC(O)C(O)C1O. The van der Waals surface area contributed by atoms with Crippen molar-refractivity contribution in [3.63, 3.8) is 0 Å². The van der Waals surface area contributed by atoms with Gasteiger partial charge in [0.2, 0.25) is 0 Å². The zero-order valence-electron chi connectivity index (χ0n) is 27.1. The molecule has 7 rings (SSSR count). The van der Waals surface area contributed by atoms with E-state index in [-0.39, 0.29) is 49.8 Å². The Balaban J connectivity index is 1.01. The van der Waals surface area contributed by atoms with Crippen molar-refractivity contribution in [1.82, 2.24) is 0 Å². The van der Waals surface area contributed by atoms with Gasteiger partial charge in [0.25, 0.3) is 0 Å². The van der Waals surface area contributed by atoms with Crippen LogP contribution in [-0.2, 0) is 33.3 Å². The monoisotopic (exact) mass is 666 g/mol. The summed E-state index contributed by atoms with van der Waals surface area (Å²) in [6.45, 7) is 3.86. The molecule has 16 atom stereocenters. The van der Waals surface area contributed by atoms with E-state index in [9.17, 15) is 40.2 Å². The van der Waals surface area contributed by atoms with Gasteiger partial charge in [0, 0.05) is 24.3 Å². The number of rotatable bonds is 6. The molecular weight excluding hydrogens is 616 g/mol. The molecule has 0 aromatic heterocycles. The second-order valence-corrected chi connectivity index (χ2v) is 15.7. The minimum atomic E-state index is -1.50. The quantitative estimate of drug-likeness (QED) is 0.128. The fraction of sp³-hybridized carbons (Fsp3) is 0.882. The van der Waals surface area contributed by atoms with Crippen LogP contribution in [0.15, 0.2) is 11.6 Å². The highest BCUT2D eigenvalue weighted by atomic mass is 16.7. The zero-order valence-corrected chi connectivity index (χ0v) is 27.1. The van der Waals surface area contributed by atoms with E-state index in [2.05, 4.69) is 6.92 Å². The number of ether oxygens (including phenoxy) is 5. The summed E-state index contributed by atoms with van der Waals surface area (Å²) in [5.74, 6) is -0.635. The van der Waals surface area contributed by atoms with Crippen LogP contribution in [0.2, 0.25) is 0 Å². The van der Waals surface area contributed by atoms with Crippen molar-refractivity contribution in [3.05, 3.63) is 11.6 Å². The number of hydrogen-bond donors (Lipinski definition) is 6. The lowest BCUT2D eigenvalue weighted by Crippen LogP contribution is -2.69. The number of aliphatic hydroxyl groups excluding tert-OH is 4. The molecule has 3 aliphatic heterocycles. The van der Waals surface area contributed by atoms with Gasteiger partial charge in [-0.05, 0) is 81.6 Å². The van der Waals surface area contributed by atoms with E-state index in [1.54, 1.807) is 13.0 Å². The van der Waals surface area contributed by atoms with Crippen LogP contribution in [0.5, 0.6) is 0 Å². The minimum Gasteiger partial charge on any atom is -0.458 e. The minimum absolute atomic E-state index is 0.0370. The highest BCUT2D eigenvalue weighted by molar-refractivity contribution is 5.85. The lowest BCUT2D eigenvalue weighted by molar-refractivity contribution is -0.331. The molecule has 0 bridgehead atoms. The summed E-state index contributed by atoms with van der Waals surface area (Å²) in [6.07, 6.45) is -1.89. The number of aliphatic hydroxyl groups is 6. The second-order valence-electron chi connectivity index (χ2n) is 15.7. The molecule has 47 heavy (non-hydrogen) atoms. The molecule has 0 spiro atoms. The summed E-state index contributed by atoms with van der Waals surface area (Å²) < 4.78 is 28.7. The molecule has 13 heteroatoms. The maximum absolute atomic E-state index is 13.1. The molecule has 0 aromatic rings. The Morgan fingerprint density at radius 1 is 0.936 bits per heavy atom. The molecule has 4 aliphatic carbocycles. The van der Waals surface area contributed by atoms with Crippen molar-refractivity contribution in [2.24, 2.45) is 28.6 Å². The fourth-order valence-corrected chi connectivity index (χ4v) is 11.0. The largest absolute Gasteiger partial charge is 0.458 e. The van der Waals surface area contributed by atoms with Crippen LogP contribution in [0.1, 0.15) is 78.1 Å². The lowest BCUT2D eigenvalue weighted by atomic mass is 9.41. The van der Waals surface area contributed by atoms with Crippen LogP contribution in [-0.4, -0.2) is 123 Å². The molecule has 6 fully saturated rings. The standard InChI is InChI=1S/C34H50O13/c1-17-29(47-30-28(40)27(39)24(37)15-44-30)23(36)12-26(45-17)46-19-3-8-32(16-35)21-4-7-31(2)20(18-11-25(38)43-14-18)6-10-34(31,42)22(21)5-9-33(32,41)13-19/h11,16-17,19-24,26-30,36-37,39-42H,3-10,12-15H2,1-2H3/t17?,19?,20?,21?,22?,23?,24?,26?,27?,28?,29-,30?,31+,32-,33?,34?/m0/s1. The van der Waals surface area contributed by atoms with E-state index in [1.807, 2.05) is 0 Å². The smallest absolute Gasteiger partial charge is 0.331 e. The molecule has 13 unspecified atom stereocenters. The van der Waals surface area contributed by atoms with Gasteiger partial charge in [0.1, 0.15) is 37.3 Å². The Bertz CT molecular complexity index is 1250. The summed E-state index contributed by atoms with van der Waals surface area (Å²) in [6, 6.07) is 0. The van der Waals surface area contributed by atoms with Gasteiger partial charge in [-0.25, -0.2) is 4.79 Å². The van der Waals surface area contributed by atoms with Crippen LogP contribution in [0.3, 0.4) is 0 Å². The highest BCUT2D eigenvalue weighted by Gasteiger charge is 2.71. The molecule has 13 nitrogen and oxygen atoms in total. The Morgan fingerprint density at radius 3 is 2.40 bits per heavy atom. The van der Waals surface area contributed by atoms with Gasteiger partial charge < -0.3 is 59.1 Å². The third kappa shape index (κ3) is 5.18. The van der Waals surface area contributed by atoms with Crippen molar-refractivity contribution in [1.29, 1.82) is 0 Å². The number of carbonyl (C=O) groups is 2. The number of aldehydes is 1. The van der Waals surface area contributed by atoms with Crippen molar-refractivity contribution >= 4 is 12.3 Å². The zero-order chi connectivity index (χ0) is 33.5. The third-order valence-electron chi connectivity index (χ3n) is 13.6. The first kappa shape index (κ1) is 34.0. The van der Waals surface area contributed by atoms with Gasteiger partial charge in [-0.3, -0.25) is 0 Å². The summed E-state index contributed by atoms with van der Waals surface area (Å²) in [5, 5.41) is 65.7. The number of hydrogen-bond acceptors (Lipinski definition) is 13. The van der Waals surface area contributed by atoms with Crippen molar-refractivity contribution in [2.45, 2.75) is 145 Å².